The Morgan fingerprint density at radius 1 is 0.889 bits per heavy atom. The Kier molecular flexibility index (Phi) is 2.33. The van der Waals surface area contributed by atoms with Gasteiger partial charge in [0.15, 0.2) is 0 Å². The maximum atomic E-state index is 11.4. The maximum absolute atomic E-state index is 11.4. The highest BCUT2D eigenvalue weighted by Crippen LogP contribution is 2.56. The van der Waals surface area contributed by atoms with E-state index in [1.807, 2.05) is 0 Å². The lowest BCUT2D eigenvalue weighted by molar-refractivity contribution is -0.0928. The summed E-state index contributed by atoms with van der Waals surface area (Å²) in [4.78, 5) is 0. The molecule has 1 nitrogen and oxygen atoms in total. The zero-order valence-corrected chi connectivity index (χ0v) is 11.2. The van der Waals surface area contributed by atoms with E-state index in [0.717, 1.165) is 0 Å². The molecule has 1 heteroatoms. The maximum Gasteiger partial charge on any atom is 0.0901 e. The van der Waals surface area contributed by atoms with Crippen molar-refractivity contribution in [2.45, 2.75) is 26.4 Å². The van der Waals surface area contributed by atoms with Crippen LogP contribution in [0.25, 0.3) is 0 Å². The molecule has 0 spiro atoms. The molecule has 0 fully saturated rings. The molecule has 3 aliphatic rings. The smallest absolute Gasteiger partial charge is 0.0901 e. The quantitative estimate of drug-likeness (QED) is 0.686. The fourth-order valence-corrected chi connectivity index (χ4v) is 3.53. The van der Waals surface area contributed by atoms with Gasteiger partial charge in [0.2, 0.25) is 0 Å². The van der Waals surface area contributed by atoms with Crippen LogP contribution in [0.1, 0.15) is 20.8 Å². The van der Waals surface area contributed by atoms with Crippen molar-refractivity contribution >= 4 is 0 Å². The highest BCUT2D eigenvalue weighted by molar-refractivity contribution is 5.54. The van der Waals surface area contributed by atoms with E-state index in [4.69, 9.17) is 0 Å². The number of allylic oxidation sites excluding steroid dienone is 6. The van der Waals surface area contributed by atoms with Crippen LogP contribution in [0.15, 0.2) is 59.8 Å². The lowest BCUT2D eigenvalue weighted by Crippen LogP contribution is -2.51. The Balaban J connectivity index is 2.21. The monoisotopic (exact) mass is 240 g/mol. The number of rotatable bonds is 0. The molecule has 0 radical (unpaired) electrons. The minimum absolute atomic E-state index is 0.106. The van der Waals surface area contributed by atoms with Crippen LogP contribution in [0.5, 0.6) is 0 Å². The van der Waals surface area contributed by atoms with E-state index in [2.05, 4.69) is 69.4 Å². The van der Waals surface area contributed by atoms with Crippen LogP contribution >= 0.6 is 0 Å². The molecular formula is C17H20O. The number of fused-ring (bicyclic) bond motifs is 2. The summed E-state index contributed by atoms with van der Waals surface area (Å²) in [5.74, 6) is 0.213. The number of aliphatic hydroxyl groups is 1. The van der Waals surface area contributed by atoms with Crippen LogP contribution < -0.4 is 0 Å². The van der Waals surface area contributed by atoms with E-state index in [-0.39, 0.29) is 17.3 Å². The summed E-state index contributed by atoms with van der Waals surface area (Å²) in [6.45, 7) is 6.39. The van der Waals surface area contributed by atoms with Gasteiger partial charge in [-0.1, -0.05) is 69.4 Å². The van der Waals surface area contributed by atoms with E-state index in [9.17, 15) is 5.11 Å². The van der Waals surface area contributed by atoms with Crippen LogP contribution in [0, 0.1) is 17.3 Å². The molecule has 1 N–H and O–H groups in total. The first-order chi connectivity index (χ1) is 8.46. The predicted molar refractivity (Wildman–Crippen MR) is 75.0 cm³/mol. The Labute approximate surface area is 109 Å². The molecule has 0 heterocycles. The van der Waals surface area contributed by atoms with Gasteiger partial charge in [0.25, 0.3) is 0 Å². The van der Waals surface area contributed by atoms with Gasteiger partial charge in [-0.2, -0.15) is 0 Å². The van der Waals surface area contributed by atoms with Crippen LogP contribution in [0.4, 0.5) is 0 Å². The highest BCUT2D eigenvalue weighted by Gasteiger charge is 2.57. The van der Waals surface area contributed by atoms with E-state index in [0.29, 0.717) is 0 Å². The molecule has 3 aliphatic carbocycles. The fraction of sp³-hybridized carbons (Fsp3) is 0.412. The minimum atomic E-state index is -0.736. The third-order valence-corrected chi connectivity index (χ3v) is 4.53. The molecule has 0 saturated heterocycles. The number of hydrogen-bond acceptors (Lipinski definition) is 1. The van der Waals surface area contributed by atoms with Crippen molar-refractivity contribution in [3.63, 3.8) is 0 Å². The third-order valence-electron chi connectivity index (χ3n) is 4.53. The predicted octanol–water partition coefficient (Wildman–Crippen LogP) is 3.56. The second-order valence-corrected chi connectivity index (χ2v) is 6.43. The summed E-state index contributed by atoms with van der Waals surface area (Å²) in [5.41, 5.74) is 1.65. The second kappa shape index (κ2) is 3.58. The summed E-state index contributed by atoms with van der Waals surface area (Å²) in [6.07, 6.45) is 16.8. The van der Waals surface area contributed by atoms with Gasteiger partial charge < -0.3 is 5.11 Å². The van der Waals surface area contributed by atoms with E-state index >= 15 is 0 Å². The Hall–Kier alpha value is -1.34. The van der Waals surface area contributed by atoms with Crippen LogP contribution in [-0.2, 0) is 0 Å². The SMILES string of the molecule is CC(C)(C)C1(O)C2C=CC=CC2=C2C=CC=CC21. The first kappa shape index (κ1) is 11.7. The first-order valence-electron chi connectivity index (χ1n) is 6.62. The first-order valence-corrected chi connectivity index (χ1v) is 6.62. The van der Waals surface area contributed by atoms with Gasteiger partial charge in [0.05, 0.1) is 5.60 Å². The molecule has 0 saturated carbocycles. The molecular weight excluding hydrogens is 220 g/mol. The normalized spacial score (nSPS) is 37.1. The minimum Gasteiger partial charge on any atom is -0.387 e. The molecule has 0 aliphatic heterocycles. The highest BCUT2D eigenvalue weighted by atomic mass is 16.3. The van der Waals surface area contributed by atoms with Crippen molar-refractivity contribution in [3.8, 4) is 0 Å². The topological polar surface area (TPSA) is 20.2 Å². The van der Waals surface area contributed by atoms with Gasteiger partial charge in [-0.25, -0.2) is 0 Å². The molecule has 0 aromatic rings. The number of hydrogen-bond donors (Lipinski definition) is 1. The zero-order valence-electron chi connectivity index (χ0n) is 11.2. The lowest BCUT2D eigenvalue weighted by atomic mass is 9.63. The van der Waals surface area contributed by atoms with E-state index in [1.165, 1.54) is 11.1 Å². The van der Waals surface area contributed by atoms with Gasteiger partial charge >= 0.3 is 0 Å². The molecule has 0 aromatic carbocycles. The molecule has 3 rings (SSSR count). The molecule has 2 unspecified atom stereocenters. The van der Waals surface area contributed by atoms with E-state index < -0.39 is 5.60 Å². The Morgan fingerprint density at radius 3 is 1.72 bits per heavy atom. The fourth-order valence-electron chi connectivity index (χ4n) is 3.53. The van der Waals surface area contributed by atoms with Crippen LogP contribution in [-0.4, -0.2) is 10.7 Å². The summed E-state index contributed by atoms with van der Waals surface area (Å²) in [5, 5.41) is 11.4. The van der Waals surface area contributed by atoms with Crippen LogP contribution in [0.3, 0.4) is 0 Å². The van der Waals surface area contributed by atoms with Gasteiger partial charge in [-0.05, 0) is 16.6 Å². The Bertz CT molecular complexity index is 482. The second-order valence-electron chi connectivity index (χ2n) is 6.43. The molecule has 94 valence electrons. The van der Waals surface area contributed by atoms with Crippen molar-refractivity contribution < 1.29 is 5.11 Å². The van der Waals surface area contributed by atoms with E-state index in [1.54, 1.807) is 0 Å². The summed E-state index contributed by atoms with van der Waals surface area (Å²) in [7, 11) is 0. The molecule has 0 bridgehead atoms. The largest absolute Gasteiger partial charge is 0.387 e. The van der Waals surface area contributed by atoms with Gasteiger partial charge in [-0.15, -0.1) is 0 Å². The summed E-state index contributed by atoms with van der Waals surface area (Å²) >= 11 is 0. The van der Waals surface area contributed by atoms with Crippen LogP contribution in [0.2, 0.25) is 0 Å². The average molecular weight is 240 g/mol. The van der Waals surface area contributed by atoms with Crippen molar-refractivity contribution in [2.24, 2.45) is 17.3 Å². The molecule has 18 heavy (non-hydrogen) atoms. The molecule has 0 aromatic heterocycles. The Morgan fingerprint density at radius 2 is 1.33 bits per heavy atom. The van der Waals surface area contributed by atoms with Gasteiger partial charge in [0, 0.05) is 11.8 Å². The van der Waals surface area contributed by atoms with Gasteiger partial charge in [0.1, 0.15) is 0 Å². The van der Waals surface area contributed by atoms with Crippen molar-refractivity contribution in [1.82, 2.24) is 0 Å². The van der Waals surface area contributed by atoms with Crippen molar-refractivity contribution in [1.29, 1.82) is 0 Å². The molecule has 2 atom stereocenters. The molecule has 0 amide bonds. The van der Waals surface area contributed by atoms with Crippen molar-refractivity contribution in [2.75, 3.05) is 0 Å². The standard InChI is InChI=1S/C17H20O/c1-16(2,3)17(18)14-10-6-4-8-12(14)13-9-5-7-11-15(13)17/h4-11,14-15,18H,1-3H3. The lowest BCUT2D eigenvalue weighted by Gasteiger charge is -2.46. The summed E-state index contributed by atoms with van der Waals surface area (Å²) < 4.78 is 0. The van der Waals surface area contributed by atoms with Crippen molar-refractivity contribution in [3.05, 3.63) is 59.8 Å². The third kappa shape index (κ3) is 1.31. The summed E-state index contributed by atoms with van der Waals surface area (Å²) in [6, 6.07) is 0. The zero-order chi connectivity index (χ0) is 13.0. The average Bonchev–Trinajstić information content (AvgIpc) is 2.62. The van der Waals surface area contributed by atoms with Gasteiger partial charge in [-0.3, -0.25) is 0 Å².